The number of nitrogens with zero attached hydrogens (tertiary/aromatic N) is 1. The molecule has 124 valence electrons. The Labute approximate surface area is 136 Å². The molecule has 0 spiro atoms. The number of amides is 1. The molecule has 5 nitrogen and oxygen atoms in total. The van der Waals surface area contributed by atoms with Gasteiger partial charge in [-0.2, -0.15) is 0 Å². The molecule has 1 fully saturated rings. The Kier molecular flexibility index (Phi) is 5.79. The van der Waals surface area contributed by atoms with E-state index < -0.39 is 0 Å². The maximum atomic E-state index is 12.3. The van der Waals surface area contributed by atoms with Crippen molar-refractivity contribution in [3.8, 4) is 5.75 Å². The van der Waals surface area contributed by atoms with Crippen LogP contribution in [0, 0.1) is 12.8 Å². The fraction of sp³-hybridized carbons (Fsp3) is 0.444. The number of benzene rings is 1. The molecule has 0 aliphatic carbocycles. The molecule has 23 heavy (non-hydrogen) atoms. The molecular weight excluding hydrogens is 294 g/mol. The smallest absolute Gasteiger partial charge is 0.308 e. The molecule has 0 bridgehead atoms. The predicted octanol–water partition coefficient (Wildman–Crippen LogP) is 2.43. The van der Waals surface area contributed by atoms with Crippen LogP contribution >= 0.6 is 0 Å². The lowest BCUT2D eigenvalue weighted by molar-refractivity contribution is -0.148. The van der Waals surface area contributed by atoms with E-state index in [9.17, 15) is 9.59 Å². The number of likely N-dealkylation sites (tertiary alicyclic amines) is 1. The molecule has 2 rings (SSSR count). The van der Waals surface area contributed by atoms with Gasteiger partial charge in [-0.1, -0.05) is 11.6 Å². The van der Waals surface area contributed by atoms with E-state index in [1.54, 1.807) is 24.2 Å². The van der Waals surface area contributed by atoms with E-state index in [2.05, 4.69) is 0 Å². The van der Waals surface area contributed by atoms with E-state index in [-0.39, 0.29) is 17.8 Å². The minimum atomic E-state index is -0.183. The van der Waals surface area contributed by atoms with E-state index in [1.165, 1.54) is 7.11 Å². The van der Waals surface area contributed by atoms with Gasteiger partial charge in [0.05, 0.1) is 20.1 Å². The highest BCUT2D eigenvalue weighted by Gasteiger charge is 2.26. The van der Waals surface area contributed by atoms with E-state index in [1.807, 2.05) is 25.1 Å². The minimum Gasteiger partial charge on any atom is -0.496 e. The van der Waals surface area contributed by atoms with E-state index >= 15 is 0 Å². The molecule has 1 amide bonds. The second kappa shape index (κ2) is 7.81. The second-order valence-electron chi connectivity index (χ2n) is 5.70. The van der Waals surface area contributed by atoms with Gasteiger partial charge in [-0.3, -0.25) is 9.59 Å². The zero-order chi connectivity index (χ0) is 16.8. The van der Waals surface area contributed by atoms with Crippen molar-refractivity contribution in [3.05, 3.63) is 35.4 Å². The lowest BCUT2D eigenvalue weighted by Crippen LogP contribution is -2.39. The summed E-state index contributed by atoms with van der Waals surface area (Å²) >= 11 is 0. The Bertz CT molecular complexity index is 601. The lowest BCUT2D eigenvalue weighted by atomic mass is 9.97. The highest BCUT2D eigenvalue weighted by atomic mass is 16.5. The third-order valence-corrected chi connectivity index (χ3v) is 4.13. The van der Waals surface area contributed by atoms with Gasteiger partial charge in [0.15, 0.2) is 0 Å². The first kappa shape index (κ1) is 17.1. The Morgan fingerprint density at radius 1 is 1.22 bits per heavy atom. The molecule has 1 aliphatic heterocycles. The van der Waals surface area contributed by atoms with Gasteiger partial charge in [0.1, 0.15) is 5.75 Å². The van der Waals surface area contributed by atoms with Crippen LogP contribution < -0.4 is 4.74 Å². The van der Waals surface area contributed by atoms with Crippen molar-refractivity contribution >= 4 is 18.0 Å². The van der Waals surface area contributed by atoms with Gasteiger partial charge in [0.25, 0.3) is 0 Å². The van der Waals surface area contributed by atoms with Crippen LogP contribution in [0.1, 0.15) is 24.0 Å². The largest absolute Gasteiger partial charge is 0.496 e. The third kappa shape index (κ3) is 4.34. The quantitative estimate of drug-likeness (QED) is 0.632. The first-order valence-electron chi connectivity index (χ1n) is 7.74. The van der Waals surface area contributed by atoms with Crippen molar-refractivity contribution in [3.63, 3.8) is 0 Å². The average Bonchev–Trinajstić information content (AvgIpc) is 2.59. The number of hydrogen-bond donors (Lipinski definition) is 0. The van der Waals surface area contributed by atoms with E-state index in [0.717, 1.165) is 16.9 Å². The molecule has 0 N–H and O–H groups in total. The molecule has 1 aliphatic rings. The topological polar surface area (TPSA) is 55.8 Å². The standard InChI is InChI=1S/C18H23NO4/c1-13-4-6-16(22-2)15(12-13)5-7-17(20)19-10-8-14(9-11-19)18(21)23-3/h4-7,12,14H,8-11H2,1-3H3/b7-5+. The molecule has 0 aromatic heterocycles. The molecule has 0 saturated carbocycles. The van der Waals surface area contributed by atoms with Crippen molar-refractivity contribution in [2.45, 2.75) is 19.8 Å². The van der Waals surface area contributed by atoms with Gasteiger partial charge < -0.3 is 14.4 Å². The maximum absolute atomic E-state index is 12.3. The van der Waals surface area contributed by atoms with Gasteiger partial charge in [-0.05, 0) is 38.0 Å². The van der Waals surface area contributed by atoms with Crippen molar-refractivity contribution in [1.29, 1.82) is 0 Å². The third-order valence-electron chi connectivity index (χ3n) is 4.13. The molecule has 1 saturated heterocycles. The van der Waals surface area contributed by atoms with Crippen LogP contribution in [-0.4, -0.2) is 44.1 Å². The normalized spacial score (nSPS) is 15.7. The molecule has 0 unspecified atom stereocenters. The van der Waals surface area contributed by atoms with Crippen LogP contribution in [0.3, 0.4) is 0 Å². The molecule has 0 atom stereocenters. The maximum Gasteiger partial charge on any atom is 0.308 e. The molecule has 1 aromatic carbocycles. The van der Waals surface area contributed by atoms with Crippen LogP contribution in [0.2, 0.25) is 0 Å². The van der Waals surface area contributed by atoms with Crippen LogP contribution in [0.4, 0.5) is 0 Å². The summed E-state index contributed by atoms with van der Waals surface area (Å²) in [5.41, 5.74) is 1.99. The number of piperidine rings is 1. The Balaban J connectivity index is 1.98. The zero-order valence-corrected chi connectivity index (χ0v) is 13.9. The van der Waals surface area contributed by atoms with Crippen molar-refractivity contribution < 1.29 is 19.1 Å². The van der Waals surface area contributed by atoms with Gasteiger partial charge in [-0.25, -0.2) is 0 Å². The summed E-state index contributed by atoms with van der Waals surface area (Å²) in [4.78, 5) is 25.5. The van der Waals surface area contributed by atoms with Crippen LogP contribution in [0.5, 0.6) is 5.75 Å². The first-order chi connectivity index (χ1) is 11.0. The van der Waals surface area contributed by atoms with Crippen LogP contribution in [-0.2, 0) is 14.3 Å². The summed E-state index contributed by atoms with van der Waals surface area (Å²) in [6, 6.07) is 5.84. The summed E-state index contributed by atoms with van der Waals surface area (Å²) in [7, 11) is 3.01. The van der Waals surface area contributed by atoms with Gasteiger partial charge in [-0.15, -0.1) is 0 Å². The SMILES string of the molecule is COC(=O)C1CCN(C(=O)/C=C/c2cc(C)ccc2OC)CC1. The van der Waals surface area contributed by atoms with Gasteiger partial charge >= 0.3 is 5.97 Å². The fourth-order valence-electron chi connectivity index (χ4n) is 2.75. The number of esters is 1. The van der Waals surface area contributed by atoms with Crippen molar-refractivity contribution in [1.82, 2.24) is 4.90 Å². The zero-order valence-electron chi connectivity index (χ0n) is 13.9. The van der Waals surface area contributed by atoms with E-state index in [0.29, 0.717) is 25.9 Å². The summed E-state index contributed by atoms with van der Waals surface area (Å²) < 4.78 is 10.1. The average molecular weight is 317 g/mol. The number of aryl methyl sites for hydroxylation is 1. The summed E-state index contributed by atoms with van der Waals surface area (Å²) in [6.07, 6.45) is 4.65. The number of ether oxygens (including phenoxy) is 2. The number of rotatable bonds is 4. The summed E-state index contributed by atoms with van der Waals surface area (Å²) in [5.74, 6) is 0.419. The van der Waals surface area contributed by atoms with Gasteiger partial charge in [0, 0.05) is 24.7 Å². The molecule has 1 aromatic rings. The number of carbonyl (C=O) groups is 2. The summed E-state index contributed by atoms with van der Waals surface area (Å²) in [5, 5.41) is 0. The first-order valence-corrected chi connectivity index (χ1v) is 7.74. The van der Waals surface area contributed by atoms with Crippen molar-refractivity contribution in [2.24, 2.45) is 5.92 Å². The minimum absolute atomic E-state index is 0.0446. The fourth-order valence-corrected chi connectivity index (χ4v) is 2.75. The molecule has 0 radical (unpaired) electrons. The highest BCUT2D eigenvalue weighted by molar-refractivity contribution is 5.92. The number of carbonyl (C=O) groups excluding carboxylic acids is 2. The van der Waals surface area contributed by atoms with Crippen LogP contribution in [0.25, 0.3) is 6.08 Å². The Hall–Kier alpha value is -2.30. The monoisotopic (exact) mass is 317 g/mol. The molecule has 1 heterocycles. The Morgan fingerprint density at radius 2 is 1.91 bits per heavy atom. The number of hydrogen-bond acceptors (Lipinski definition) is 4. The number of methoxy groups -OCH3 is 2. The lowest BCUT2D eigenvalue weighted by Gasteiger charge is -2.29. The van der Waals surface area contributed by atoms with Crippen LogP contribution in [0.15, 0.2) is 24.3 Å². The second-order valence-corrected chi connectivity index (χ2v) is 5.70. The van der Waals surface area contributed by atoms with E-state index in [4.69, 9.17) is 9.47 Å². The van der Waals surface area contributed by atoms with Gasteiger partial charge in [0.2, 0.25) is 5.91 Å². The Morgan fingerprint density at radius 3 is 2.52 bits per heavy atom. The highest BCUT2D eigenvalue weighted by Crippen LogP contribution is 2.22. The molecular formula is C18H23NO4. The summed E-state index contributed by atoms with van der Waals surface area (Å²) in [6.45, 7) is 3.15. The molecule has 5 heteroatoms. The van der Waals surface area contributed by atoms with Crippen molar-refractivity contribution in [2.75, 3.05) is 27.3 Å². The predicted molar refractivity (Wildman–Crippen MR) is 88.1 cm³/mol.